The fourth-order valence-electron chi connectivity index (χ4n) is 1.01. The van der Waals surface area contributed by atoms with Crippen LogP contribution < -0.4 is 0 Å². The smallest absolute Gasteiger partial charge is 0.319 e. The van der Waals surface area contributed by atoms with E-state index >= 15 is 0 Å². The second-order valence-corrected chi connectivity index (χ2v) is 3.36. The third-order valence-electron chi connectivity index (χ3n) is 1.89. The third kappa shape index (κ3) is 6.86. The number of carbonyl (C=O) groups excluding carboxylic acids is 1. The summed E-state index contributed by atoms with van der Waals surface area (Å²) < 4.78 is 9.98. The molecule has 0 heterocycles. The van der Waals surface area contributed by atoms with Gasteiger partial charge in [0.05, 0.1) is 26.4 Å². The van der Waals surface area contributed by atoms with E-state index in [1.807, 2.05) is 25.7 Å². The van der Waals surface area contributed by atoms with E-state index < -0.39 is 0 Å². The summed E-state index contributed by atoms with van der Waals surface area (Å²) in [7, 11) is 1.40. The lowest BCUT2D eigenvalue weighted by Gasteiger charge is -2.19. The van der Waals surface area contributed by atoms with Gasteiger partial charge in [0.25, 0.3) is 0 Å². The molecule has 14 heavy (non-hydrogen) atoms. The van der Waals surface area contributed by atoms with Crippen LogP contribution in [-0.2, 0) is 14.3 Å². The molecular formula is C10H21NO3. The van der Waals surface area contributed by atoms with E-state index in [1.165, 1.54) is 7.11 Å². The first-order valence-corrected chi connectivity index (χ1v) is 5.00. The molecule has 0 saturated carbocycles. The van der Waals surface area contributed by atoms with Crippen molar-refractivity contribution in [2.24, 2.45) is 0 Å². The highest BCUT2D eigenvalue weighted by Gasteiger charge is 2.08. The molecule has 4 nitrogen and oxygen atoms in total. The Morgan fingerprint density at radius 1 is 1.43 bits per heavy atom. The van der Waals surface area contributed by atoms with Crippen LogP contribution in [0, 0.1) is 0 Å². The molecule has 0 rings (SSSR count). The average Bonchev–Trinajstić information content (AvgIpc) is 2.15. The Labute approximate surface area is 86.2 Å². The quantitative estimate of drug-likeness (QED) is 0.576. The van der Waals surface area contributed by atoms with Crippen LogP contribution in [0.1, 0.15) is 20.8 Å². The summed E-state index contributed by atoms with van der Waals surface area (Å²) in [5.74, 6) is -0.198. The van der Waals surface area contributed by atoms with Gasteiger partial charge in [-0.25, -0.2) is 0 Å². The Morgan fingerprint density at radius 3 is 2.50 bits per heavy atom. The number of hydrogen-bond donors (Lipinski definition) is 0. The average molecular weight is 203 g/mol. The van der Waals surface area contributed by atoms with Crippen LogP contribution >= 0.6 is 0 Å². The van der Waals surface area contributed by atoms with Crippen molar-refractivity contribution in [2.75, 3.05) is 33.4 Å². The lowest BCUT2D eigenvalue weighted by atomic mass is 10.4. The van der Waals surface area contributed by atoms with Crippen LogP contribution in [-0.4, -0.2) is 50.3 Å². The van der Waals surface area contributed by atoms with Gasteiger partial charge in [0, 0.05) is 6.54 Å². The van der Waals surface area contributed by atoms with Crippen molar-refractivity contribution in [3.05, 3.63) is 0 Å². The number of nitrogens with zero attached hydrogens (tertiary/aromatic N) is 1. The van der Waals surface area contributed by atoms with Crippen molar-refractivity contribution in [3.8, 4) is 0 Å². The van der Waals surface area contributed by atoms with E-state index in [4.69, 9.17) is 4.74 Å². The van der Waals surface area contributed by atoms with E-state index in [1.54, 1.807) is 0 Å². The van der Waals surface area contributed by atoms with Gasteiger partial charge in [0.15, 0.2) is 0 Å². The molecule has 0 unspecified atom stereocenters. The van der Waals surface area contributed by atoms with Gasteiger partial charge >= 0.3 is 5.97 Å². The second-order valence-electron chi connectivity index (χ2n) is 3.36. The first-order chi connectivity index (χ1) is 6.60. The highest BCUT2D eigenvalue weighted by molar-refractivity contribution is 5.71. The van der Waals surface area contributed by atoms with E-state index in [0.29, 0.717) is 13.2 Å². The van der Waals surface area contributed by atoms with Gasteiger partial charge in [-0.3, -0.25) is 9.69 Å². The fraction of sp³-hybridized carbons (Fsp3) is 0.900. The number of rotatable bonds is 7. The van der Waals surface area contributed by atoms with Crippen LogP contribution in [0.25, 0.3) is 0 Å². The van der Waals surface area contributed by atoms with Gasteiger partial charge in [-0.15, -0.1) is 0 Å². The Kier molecular flexibility index (Phi) is 7.42. The largest absolute Gasteiger partial charge is 0.468 e. The predicted octanol–water partition coefficient (Wildman–Crippen LogP) is 0.906. The maximum Gasteiger partial charge on any atom is 0.319 e. The van der Waals surface area contributed by atoms with Crippen molar-refractivity contribution < 1.29 is 14.3 Å². The highest BCUT2D eigenvalue weighted by Crippen LogP contribution is 1.92. The number of likely N-dealkylation sites (N-methyl/N-ethyl adjacent to an activating group) is 1. The maximum atomic E-state index is 11.0. The molecule has 0 fully saturated rings. The second kappa shape index (κ2) is 7.76. The van der Waals surface area contributed by atoms with Crippen molar-refractivity contribution in [1.82, 2.24) is 4.90 Å². The van der Waals surface area contributed by atoms with Gasteiger partial charge in [0.2, 0.25) is 0 Å². The monoisotopic (exact) mass is 203 g/mol. The molecule has 0 spiro atoms. The van der Waals surface area contributed by atoms with Gasteiger partial charge in [-0.1, -0.05) is 6.92 Å². The summed E-state index contributed by atoms with van der Waals surface area (Å²) in [6.07, 6.45) is 0.242. The zero-order valence-electron chi connectivity index (χ0n) is 9.58. The third-order valence-corrected chi connectivity index (χ3v) is 1.89. The van der Waals surface area contributed by atoms with Gasteiger partial charge in [-0.2, -0.15) is 0 Å². The van der Waals surface area contributed by atoms with E-state index in [9.17, 15) is 4.79 Å². The van der Waals surface area contributed by atoms with Crippen LogP contribution in [0.2, 0.25) is 0 Å². The molecule has 0 saturated heterocycles. The van der Waals surface area contributed by atoms with Crippen molar-refractivity contribution in [3.63, 3.8) is 0 Å². The summed E-state index contributed by atoms with van der Waals surface area (Å²) in [6, 6.07) is 0. The summed E-state index contributed by atoms with van der Waals surface area (Å²) in [4.78, 5) is 13.0. The maximum absolute atomic E-state index is 11.0. The standard InChI is InChI=1S/C10H21NO3/c1-5-11(8-10(12)13-4)6-7-14-9(2)3/h9H,5-8H2,1-4H3. The molecule has 0 aromatic rings. The zero-order chi connectivity index (χ0) is 11.0. The molecule has 4 heteroatoms. The van der Waals surface area contributed by atoms with Gasteiger partial charge < -0.3 is 9.47 Å². The molecule has 0 N–H and O–H groups in total. The number of esters is 1. The van der Waals surface area contributed by atoms with Crippen molar-refractivity contribution >= 4 is 5.97 Å². The minimum atomic E-state index is -0.198. The predicted molar refractivity (Wildman–Crippen MR) is 55.2 cm³/mol. The van der Waals surface area contributed by atoms with E-state index in [2.05, 4.69) is 4.74 Å². The number of ether oxygens (including phenoxy) is 2. The van der Waals surface area contributed by atoms with E-state index in [-0.39, 0.29) is 12.1 Å². The Balaban J connectivity index is 3.63. The topological polar surface area (TPSA) is 38.8 Å². The van der Waals surface area contributed by atoms with E-state index in [0.717, 1.165) is 13.1 Å². The van der Waals surface area contributed by atoms with Crippen LogP contribution in [0.4, 0.5) is 0 Å². The minimum absolute atomic E-state index is 0.198. The fourth-order valence-corrected chi connectivity index (χ4v) is 1.01. The molecule has 0 bridgehead atoms. The number of carbonyl (C=O) groups is 1. The Bertz CT molecular complexity index is 159. The van der Waals surface area contributed by atoms with Crippen LogP contribution in [0.15, 0.2) is 0 Å². The number of methoxy groups -OCH3 is 1. The van der Waals surface area contributed by atoms with Gasteiger partial charge in [0.1, 0.15) is 0 Å². The summed E-state index contributed by atoms with van der Waals surface area (Å²) in [5.41, 5.74) is 0. The zero-order valence-corrected chi connectivity index (χ0v) is 9.58. The number of hydrogen-bond acceptors (Lipinski definition) is 4. The molecule has 0 radical (unpaired) electrons. The molecule has 0 aliphatic carbocycles. The Hall–Kier alpha value is -0.610. The van der Waals surface area contributed by atoms with Gasteiger partial charge in [-0.05, 0) is 20.4 Å². The SMILES string of the molecule is CCN(CCOC(C)C)CC(=O)OC. The lowest BCUT2D eigenvalue weighted by molar-refractivity contribution is -0.142. The molecule has 0 aliphatic heterocycles. The molecule has 0 atom stereocenters. The first-order valence-electron chi connectivity index (χ1n) is 5.00. The summed E-state index contributed by atoms with van der Waals surface area (Å²) >= 11 is 0. The van der Waals surface area contributed by atoms with Crippen LogP contribution in [0.5, 0.6) is 0 Å². The molecule has 0 aromatic heterocycles. The molecule has 0 aliphatic rings. The molecule has 0 amide bonds. The van der Waals surface area contributed by atoms with Crippen LogP contribution in [0.3, 0.4) is 0 Å². The summed E-state index contributed by atoms with van der Waals surface area (Å²) in [5, 5.41) is 0. The molecule has 0 aromatic carbocycles. The lowest BCUT2D eigenvalue weighted by Crippen LogP contribution is -2.33. The highest BCUT2D eigenvalue weighted by atomic mass is 16.5. The Morgan fingerprint density at radius 2 is 2.07 bits per heavy atom. The summed E-state index contributed by atoms with van der Waals surface area (Å²) in [6.45, 7) is 8.60. The molecular weight excluding hydrogens is 182 g/mol. The molecule has 84 valence electrons. The first kappa shape index (κ1) is 13.4. The minimum Gasteiger partial charge on any atom is -0.468 e. The van der Waals surface area contributed by atoms with Crippen molar-refractivity contribution in [1.29, 1.82) is 0 Å². The van der Waals surface area contributed by atoms with Crippen molar-refractivity contribution in [2.45, 2.75) is 26.9 Å². The normalized spacial score (nSPS) is 11.0.